The van der Waals surface area contributed by atoms with Gasteiger partial charge in [0.1, 0.15) is 11.3 Å². The Kier molecular flexibility index (Phi) is 10.5. The predicted octanol–water partition coefficient (Wildman–Crippen LogP) is 5.13. The van der Waals surface area contributed by atoms with Crippen molar-refractivity contribution in [2.45, 2.75) is 25.0 Å². The highest BCUT2D eigenvalue weighted by Crippen LogP contribution is 2.28. The van der Waals surface area contributed by atoms with Gasteiger partial charge in [-0.2, -0.15) is 9.97 Å². The normalized spacial score (nSPS) is 12.2. The van der Waals surface area contributed by atoms with Gasteiger partial charge in [0.15, 0.2) is 0 Å². The molecule has 12 nitrogen and oxygen atoms in total. The zero-order valence-corrected chi connectivity index (χ0v) is 29.5. The molecule has 2 N–H and O–H groups in total. The fourth-order valence-corrected chi connectivity index (χ4v) is 6.03. The molecule has 1 atom stereocenters. The molecule has 2 aromatic carbocycles. The van der Waals surface area contributed by atoms with Gasteiger partial charge in [-0.05, 0) is 30.2 Å². The number of aliphatic hydroxyl groups is 1. The Morgan fingerprint density at radius 3 is 1.69 bits per heavy atom. The molecule has 49 heavy (non-hydrogen) atoms. The van der Waals surface area contributed by atoms with Gasteiger partial charge in [-0.3, -0.25) is 18.7 Å². The number of aryl methyl sites for hydroxylation is 2. The summed E-state index contributed by atoms with van der Waals surface area (Å²) < 4.78 is 25.9. The molecule has 0 amide bonds. The van der Waals surface area contributed by atoms with E-state index in [9.17, 15) is 23.1 Å². The summed E-state index contributed by atoms with van der Waals surface area (Å²) in [6.07, 6.45) is 4.07. The number of aromatic nitrogens is 6. The van der Waals surface area contributed by atoms with Crippen LogP contribution in [0, 0.1) is 5.92 Å². The second-order valence-electron chi connectivity index (χ2n) is 11.7. The molecule has 0 fully saturated rings. The minimum absolute atomic E-state index is 0.0244. The van der Waals surface area contributed by atoms with Crippen molar-refractivity contribution in [1.82, 2.24) is 29.1 Å². The van der Waals surface area contributed by atoms with Crippen LogP contribution in [-0.4, -0.2) is 61.5 Å². The minimum Gasteiger partial charge on any atom is -0.394 e. The second-order valence-corrected chi connectivity index (χ2v) is 14.4. The third-order valence-electron chi connectivity index (χ3n) is 7.85. The number of sulfone groups is 1. The Bertz CT molecular complexity index is 2430. The summed E-state index contributed by atoms with van der Waals surface area (Å²) in [6, 6.07) is 17.5. The Morgan fingerprint density at radius 1 is 0.776 bits per heavy atom. The molecular weight excluding hydrogens is 689 g/mol. The van der Waals surface area contributed by atoms with Crippen molar-refractivity contribution in [3.63, 3.8) is 0 Å². The maximum Gasteiger partial charge on any atom is 0.259 e. The molecule has 0 bridgehead atoms. The van der Waals surface area contributed by atoms with E-state index < -0.39 is 9.84 Å². The molecule has 0 saturated carbocycles. The van der Waals surface area contributed by atoms with Gasteiger partial charge in [-0.1, -0.05) is 73.4 Å². The molecule has 0 aliphatic heterocycles. The lowest BCUT2D eigenvalue weighted by molar-refractivity contribution is 0.248. The topological polar surface area (TPSA) is 162 Å². The third kappa shape index (κ3) is 7.49. The molecule has 0 spiro atoms. The van der Waals surface area contributed by atoms with Crippen LogP contribution in [-0.2, 0) is 23.9 Å². The molecule has 1 unspecified atom stereocenters. The number of hydrogen-bond acceptors (Lipinski definition) is 10. The van der Waals surface area contributed by atoms with Crippen molar-refractivity contribution in [1.29, 1.82) is 0 Å². The zero-order chi connectivity index (χ0) is 35.6. The van der Waals surface area contributed by atoms with Gasteiger partial charge >= 0.3 is 0 Å². The van der Waals surface area contributed by atoms with Crippen LogP contribution in [0.5, 0.6) is 0 Å². The van der Waals surface area contributed by atoms with E-state index >= 15 is 0 Å². The van der Waals surface area contributed by atoms with E-state index in [1.165, 1.54) is 22.4 Å². The number of nitrogens with zero attached hydrogens (tertiary/aromatic N) is 6. The number of benzene rings is 2. The van der Waals surface area contributed by atoms with Crippen LogP contribution in [0.1, 0.15) is 13.8 Å². The summed E-state index contributed by atoms with van der Waals surface area (Å²) in [7, 11) is -0.345. The minimum atomic E-state index is -3.55. The summed E-state index contributed by atoms with van der Waals surface area (Å²) in [5, 5.41) is 14.5. The van der Waals surface area contributed by atoms with E-state index in [0.29, 0.717) is 49.3 Å². The number of hydrogen-bond donors (Lipinski definition) is 2. The lowest BCUT2D eigenvalue weighted by Gasteiger charge is -2.20. The Hall–Kier alpha value is -4.69. The van der Waals surface area contributed by atoms with Crippen LogP contribution in [0.15, 0.2) is 87.8 Å². The van der Waals surface area contributed by atoms with Gasteiger partial charge < -0.3 is 10.4 Å². The van der Waals surface area contributed by atoms with Crippen molar-refractivity contribution in [3.05, 3.63) is 104 Å². The highest BCUT2D eigenvalue weighted by atomic mass is 35.5. The molecule has 4 heterocycles. The zero-order valence-electron chi connectivity index (χ0n) is 27.2. The number of pyridine rings is 2. The maximum absolute atomic E-state index is 12.8. The molecule has 254 valence electrons. The highest BCUT2D eigenvalue weighted by molar-refractivity contribution is 7.90. The average molecular weight is 723 g/mol. The molecule has 0 radical (unpaired) electrons. The first-order valence-electron chi connectivity index (χ1n) is 15.0. The van der Waals surface area contributed by atoms with Crippen LogP contribution in [0.2, 0.25) is 10.0 Å². The lowest BCUT2D eigenvalue weighted by Crippen LogP contribution is -2.30. The number of aliphatic hydroxyl groups excluding tert-OH is 1. The van der Waals surface area contributed by atoms with Gasteiger partial charge in [0.25, 0.3) is 11.1 Å². The Balaban J connectivity index is 0.000000192. The quantitative estimate of drug-likeness (QED) is 0.211. The van der Waals surface area contributed by atoms with Crippen LogP contribution in [0.25, 0.3) is 44.3 Å². The summed E-state index contributed by atoms with van der Waals surface area (Å²) in [5.41, 5.74) is 2.46. The number of anilines is 1. The third-order valence-corrected chi connectivity index (χ3v) is 9.37. The molecule has 6 aromatic rings. The first-order valence-corrected chi connectivity index (χ1v) is 17.7. The van der Waals surface area contributed by atoms with Crippen LogP contribution >= 0.6 is 23.2 Å². The summed E-state index contributed by atoms with van der Waals surface area (Å²) in [6.45, 7) is 3.98. The molecule has 6 rings (SSSR count). The molecule has 0 aliphatic rings. The SMILES string of the molecule is CC(C)C(CO)Nc1ncc2cc(-c3ccccc3Cl)c(=O)n(C)c2n1.Cn1c(=O)c(-c2ccccc2Cl)cc2cnc(S(C)(=O)=O)nc21. The van der Waals surface area contributed by atoms with Crippen molar-refractivity contribution in [2.24, 2.45) is 20.0 Å². The molecular formula is C34H33Cl2N7O5S. The van der Waals surface area contributed by atoms with E-state index in [-0.39, 0.29) is 40.5 Å². The second kappa shape index (κ2) is 14.4. The molecule has 4 aromatic heterocycles. The van der Waals surface area contributed by atoms with E-state index in [4.69, 9.17) is 23.2 Å². The maximum atomic E-state index is 12.8. The van der Waals surface area contributed by atoms with Gasteiger partial charge in [0.2, 0.25) is 20.9 Å². The first kappa shape index (κ1) is 35.6. The smallest absolute Gasteiger partial charge is 0.259 e. The van der Waals surface area contributed by atoms with E-state index in [2.05, 4.69) is 25.3 Å². The van der Waals surface area contributed by atoms with Gasteiger partial charge in [-0.25, -0.2) is 18.4 Å². The van der Waals surface area contributed by atoms with E-state index in [0.717, 1.165) is 11.6 Å². The Morgan fingerprint density at radius 2 is 1.24 bits per heavy atom. The predicted molar refractivity (Wildman–Crippen MR) is 193 cm³/mol. The van der Waals surface area contributed by atoms with Gasteiger partial charge in [0.05, 0.1) is 12.6 Å². The van der Waals surface area contributed by atoms with Crippen molar-refractivity contribution in [2.75, 3.05) is 18.2 Å². The van der Waals surface area contributed by atoms with E-state index in [1.54, 1.807) is 55.7 Å². The number of rotatable bonds is 7. The summed E-state index contributed by atoms with van der Waals surface area (Å²) >= 11 is 12.4. The monoisotopic (exact) mass is 721 g/mol. The van der Waals surface area contributed by atoms with E-state index in [1.807, 2.05) is 32.0 Å². The largest absolute Gasteiger partial charge is 0.394 e. The highest BCUT2D eigenvalue weighted by Gasteiger charge is 2.18. The van der Waals surface area contributed by atoms with Crippen LogP contribution in [0.4, 0.5) is 5.95 Å². The fraction of sp³-hybridized carbons (Fsp3) is 0.235. The summed E-state index contributed by atoms with van der Waals surface area (Å²) in [4.78, 5) is 42.0. The van der Waals surface area contributed by atoms with Crippen LogP contribution < -0.4 is 16.4 Å². The van der Waals surface area contributed by atoms with Crippen molar-refractivity contribution >= 4 is 61.1 Å². The Labute approximate surface area is 292 Å². The fourth-order valence-electron chi connectivity index (χ4n) is 5.06. The van der Waals surface area contributed by atoms with Crippen LogP contribution in [0.3, 0.4) is 0 Å². The average Bonchev–Trinajstić information content (AvgIpc) is 3.07. The molecule has 15 heteroatoms. The molecule has 0 saturated heterocycles. The number of fused-ring (bicyclic) bond motifs is 2. The molecule has 0 aliphatic carbocycles. The van der Waals surface area contributed by atoms with Gasteiger partial charge in [0, 0.05) is 75.8 Å². The first-order chi connectivity index (χ1) is 23.2. The number of nitrogens with one attached hydrogen (secondary N) is 1. The van der Waals surface area contributed by atoms with Crippen molar-refractivity contribution < 1.29 is 13.5 Å². The van der Waals surface area contributed by atoms with Gasteiger partial charge in [-0.15, -0.1) is 0 Å². The van der Waals surface area contributed by atoms with Crippen molar-refractivity contribution in [3.8, 4) is 22.3 Å². The lowest BCUT2D eigenvalue weighted by atomic mass is 10.1. The number of halogens is 2. The standard InChI is InChI=1S/C19H21ClN4O2.C15H12ClN3O3S/c1-11(2)16(10-25)22-19-21-9-12-8-14(13-6-4-5-7-15(13)20)18(26)24(3)17(12)23-19;1-19-13-9(8-17-15(18-13)23(2,21)22)7-11(14(19)20)10-5-3-4-6-12(10)16/h4-9,11,16,25H,10H2,1-3H3,(H,21,22,23);3-8H,1-2H3. The summed E-state index contributed by atoms with van der Waals surface area (Å²) in [5.74, 6) is 0.594.